The highest BCUT2D eigenvalue weighted by Crippen LogP contribution is 2.47. The molecule has 0 spiro atoms. The number of hydrogen-bond acceptors (Lipinski definition) is 6. The summed E-state index contributed by atoms with van der Waals surface area (Å²) in [5.74, 6) is 0.629. The second kappa shape index (κ2) is 8.18. The van der Waals surface area contributed by atoms with Crippen molar-refractivity contribution >= 4 is 40.4 Å². The number of benzene rings is 1. The highest BCUT2D eigenvalue weighted by Gasteiger charge is 2.44. The number of nitrogens with one attached hydrogen (secondary N) is 1. The van der Waals surface area contributed by atoms with Gasteiger partial charge in [0.1, 0.15) is 5.82 Å². The van der Waals surface area contributed by atoms with Crippen LogP contribution in [0.2, 0.25) is 0 Å². The van der Waals surface area contributed by atoms with Crippen LogP contribution in [0.15, 0.2) is 84.4 Å². The van der Waals surface area contributed by atoms with Gasteiger partial charge in [-0.1, -0.05) is 18.2 Å². The lowest BCUT2D eigenvalue weighted by molar-refractivity contribution is -0.120. The number of rotatable bonds is 5. The number of anilines is 2. The van der Waals surface area contributed by atoms with Crippen molar-refractivity contribution in [3.05, 3.63) is 90.0 Å². The zero-order valence-corrected chi connectivity index (χ0v) is 19.6. The fourth-order valence-electron chi connectivity index (χ4n) is 4.65. The van der Waals surface area contributed by atoms with Gasteiger partial charge in [-0.15, -0.1) is 11.8 Å². The lowest BCUT2D eigenvalue weighted by atomic mass is 9.87. The molecule has 1 amide bonds. The first-order valence-electron chi connectivity index (χ1n) is 11.1. The summed E-state index contributed by atoms with van der Waals surface area (Å²) in [4.78, 5) is 20.3. The molecule has 1 aromatic carbocycles. The van der Waals surface area contributed by atoms with Gasteiger partial charge in [-0.2, -0.15) is 14.7 Å². The number of carbonyl (C=O) groups is 1. The molecule has 9 heteroatoms. The Morgan fingerprint density at radius 2 is 1.94 bits per heavy atom. The van der Waals surface area contributed by atoms with Crippen molar-refractivity contribution in [1.29, 1.82) is 0 Å². The highest BCUT2D eigenvalue weighted by molar-refractivity contribution is 8.03. The van der Waals surface area contributed by atoms with Crippen molar-refractivity contribution in [2.45, 2.75) is 18.2 Å². The minimum atomic E-state index is -0.260. The molecular weight excluding hydrogens is 446 g/mol. The first-order chi connectivity index (χ1) is 16.6. The molecule has 0 saturated carbocycles. The minimum Gasteiger partial charge on any atom is -0.362 e. The normalized spacial score (nSPS) is 20.8. The van der Waals surface area contributed by atoms with Gasteiger partial charge in [0.2, 0.25) is 5.91 Å². The van der Waals surface area contributed by atoms with Crippen LogP contribution in [0.3, 0.4) is 0 Å². The third-order valence-electron chi connectivity index (χ3n) is 6.25. The van der Waals surface area contributed by atoms with Crippen LogP contribution in [-0.4, -0.2) is 41.6 Å². The Labute approximate surface area is 201 Å². The standard InChI is InChI=1S/C25H23N7OS/c1-16(29-23-8-10-26-22-9-11-27-32(22)23)20-12-21-24(19(15-34-21)17-13-28-30(2)14-17)25(33)31(20)18-6-4-3-5-7-18/h3-16,21,24,29H,1-2H3/t16-,21?,24?/m0/s1. The fraction of sp³-hybridized carbons (Fsp3) is 0.200. The first-order valence-corrected chi connectivity index (χ1v) is 12.0. The molecule has 0 saturated heterocycles. The van der Waals surface area contributed by atoms with Crippen LogP contribution in [0, 0.1) is 5.92 Å². The van der Waals surface area contributed by atoms with Gasteiger partial charge in [0.05, 0.1) is 24.4 Å². The largest absolute Gasteiger partial charge is 0.362 e. The van der Waals surface area contributed by atoms with Gasteiger partial charge >= 0.3 is 0 Å². The van der Waals surface area contributed by atoms with E-state index in [1.54, 1.807) is 33.4 Å². The fourth-order valence-corrected chi connectivity index (χ4v) is 5.87. The molecule has 0 aliphatic carbocycles. The monoisotopic (exact) mass is 469 g/mol. The number of aromatic nitrogens is 5. The summed E-state index contributed by atoms with van der Waals surface area (Å²) in [6, 6.07) is 13.4. The van der Waals surface area contributed by atoms with E-state index in [1.165, 1.54) is 0 Å². The van der Waals surface area contributed by atoms with E-state index in [0.29, 0.717) is 0 Å². The third-order valence-corrected chi connectivity index (χ3v) is 7.36. The Kier molecular flexibility index (Phi) is 4.99. The summed E-state index contributed by atoms with van der Waals surface area (Å²) in [7, 11) is 1.89. The van der Waals surface area contributed by atoms with Crippen molar-refractivity contribution in [1.82, 2.24) is 24.4 Å². The molecule has 2 aliphatic rings. The number of carbonyl (C=O) groups excluding carboxylic acids is 1. The highest BCUT2D eigenvalue weighted by atomic mass is 32.2. The van der Waals surface area contributed by atoms with E-state index in [9.17, 15) is 4.79 Å². The van der Waals surface area contributed by atoms with Crippen molar-refractivity contribution in [2.75, 3.05) is 10.2 Å². The molecule has 8 nitrogen and oxygen atoms in total. The predicted octanol–water partition coefficient (Wildman–Crippen LogP) is 3.97. The molecule has 1 N–H and O–H groups in total. The van der Waals surface area contributed by atoms with Gasteiger partial charge in [0, 0.05) is 47.7 Å². The smallest absolute Gasteiger partial charge is 0.240 e. The maximum atomic E-state index is 14.1. The van der Waals surface area contributed by atoms with E-state index in [4.69, 9.17) is 0 Å². The molecule has 3 atom stereocenters. The molecule has 0 bridgehead atoms. The molecule has 5 heterocycles. The first kappa shape index (κ1) is 20.7. The molecule has 34 heavy (non-hydrogen) atoms. The number of hydrogen-bond donors (Lipinski definition) is 1. The van der Waals surface area contributed by atoms with Crippen LogP contribution in [0.1, 0.15) is 12.5 Å². The van der Waals surface area contributed by atoms with Crippen LogP contribution >= 0.6 is 11.8 Å². The maximum absolute atomic E-state index is 14.1. The van der Waals surface area contributed by atoms with E-state index in [1.807, 2.05) is 66.8 Å². The number of fused-ring (bicyclic) bond motifs is 2. The maximum Gasteiger partial charge on any atom is 0.240 e. The topological polar surface area (TPSA) is 80.3 Å². The molecule has 170 valence electrons. The number of aryl methyl sites for hydroxylation is 1. The lowest BCUT2D eigenvalue weighted by Gasteiger charge is -2.38. The van der Waals surface area contributed by atoms with E-state index in [2.05, 4.69) is 38.9 Å². The number of para-hydroxylation sites is 1. The zero-order chi connectivity index (χ0) is 23.2. The Balaban J connectivity index is 1.39. The van der Waals surface area contributed by atoms with Gasteiger partial charge < -0.3 is 5.32 Å². The van der Waals surface area contributed by atoms with Crippen LogP contribution in [0.25, 0.3) is 11.2 Å². The summed E-state index contributed by atoms with van der Waals surface area (Å²) >= 11 is 1.69. The van der Waals surface area contributed by atoms with Gasteiger partial charge in [-0.25, -0.2) is 4.98 Å². The minimum absolute atomic E-state index is 0.0316. The molecule has 3 aromatic heterocycles. The lowest BCUT2D eigenvalue weighted by Crippen LogP contribution is -2.47. The Morgan fingerprint density at radius 3 is 2.74 bits per heavy atom. The third kappa shape index (κ3) is 3.40. The summed E-state index contributed by atoms with van der Waals surface area (Å²) in [6.45, 7) is 2.07. The average molecular weight is 470 g/mol. The second-order valence-electron chi connectivity index (χ2n) is 8.45. The Bertz CT molecular complexity index is 1440. The molecule has 4 aromatic rings. The Hall–Kier alpha value is -3.85. The summed E-state index contributed by atoms with van der Waals surface area (Å²) in [5, 5.41) is 14.4. The van der Waals surface area contributed by atoms with Crippen LogP contribution in [0.4, 0.5) is 11.5 Å². The quantitative estimate of drug-likeness (QED) is 0.477. The molecule has 2 aliphatic heterocycles. The zero-order valence-electron chi connectivity index (χ0n) is 18.7. The van der Waals surface area contributed by atoms with Crippen molar-refractivity contribution in [3.63, 3.8) is 0 Å². The van der Waals surface area contributed by atoms with Gasteiger partial charge in [0.15, 0.2) is 5.65 Å². The average Bonchev–Trinajstić information content (AvgIpc) is 3.59. The molecule has 0 radical (unpaired) electrons. The van der Waals surface area contributed by atoms with Crippen LogP contribution in [-0.2, 0) is 11.8 Å². The van der Waals surface area contributed by atoms with Gasteiger partial charge in [-0.05, 0) is 42.2 Å². The molecular formula is C25H23N7OS. The van der Waals surface area contributed by atoms with E-state index in [-0.39, 0.29) is 23.1 Å². The van der Waals surface area contributed by atoms with Crippen LogP contribution in [0.5, 0.6) is 0 Å². The van der Waals surface area contributed by atoms with Crippen molar-refractivity contribution < 1.29 is 4.79 Å². The van der Waals surface area contributed by atoms with E-state index < -0.39 is 0 Å². The molecule has 0 fully saturated rings. The predicted molar refractivity (Wildman–Crippen MR) is 134 cm³/mol. The summed E-state index contributed by atoms with van der Waals surface area (Å²) in [6.07, 6.45) is 9.51. The summed E-state index contributed by atoms with van der Waals surface area (Å²) < 4.78 is 3.54. The second-order valence-corrected chi connectivity index (χ2v) is 9.50. The number of amides is 1. The summed E-state index contributed by atoms with van der Waals surface area (Å²) in [5.41, 5.74) is 4.56. The molecule has 2 unspecified atom stereocenters. The van der Waals surface area contributed by atoms with Crippen molar-refractivity contribution in [3.8, 4) is 0 Å². The number of nitrogens with zero attached hydrogens (tertiary/aromatic N) is 6. The van der Waals surface area contributed by atoms with Crippen LogP contribution < -0.4 is 10.2 Å². The van der Waals surface area contributed by atoms with Gasteiger partial charge in [0.25, 0.3) is 0 Å². The van der Waals surface area contributed by atoms with Crippen molar-refractivity contribution in [2.24, 2.45) is 13.0 Å². The van der Waals surface area contributed by atoms with E-state index >= 15 is 0 Å². The van der Waals surface area contributed by atoms with Gasteiger partial charge in [-0.3, -0.25) is 14.4 Å². The number of thioether (sulfide) groups is 1. The Morgan fingerprint density at radius 1 is 1.09 bits per heavy atom. The molecule has 6 rings (SSSR count). The SMILES string of the molecule is C[C@H](Nc1ccnc2ccnn12)C1=CC2SC=C(c3cnn(C)c3)C2C(=O)N1c1ccccc1. The van der Waals surface area contributed by atoms with E-state index in [0.717, 1.165) is 34.0 Å².